The lowest BCUT2D eigenvalue weighted by Crippen LogP contribution is -2.44. The highest BCUT2D eigenvalue weighted by molar-refractivity contribution is 5.73. The number of alkyl carbamates (subject to hydrolysis) is 1. The minimum Gasteiger partial charge on any atom is -0.481 e. The molecule has 0 saturated heterocycles. The molecule has 5 heteroatoms. The Hall–Kier alpha value is -1.26. The summed E-state index contributed by atoms with van der Waals surface area (Å²) in [6.07, 6.45) is 3.08. The smallest absolute Gasteiger partial charge is 0.407 e. The van der Waals surface area contributed by atoms with E-state index in [0.29, 0.717) is 6.42 Å². The van der Waals surface area contributed by atoms with E-state index in [1.165, 1.54) is 0 Å². The van der Waals surface area contributed by atoms with E-state index in [2.05, 4.69) is 12.2 Å². The second-order valence-electron chi connectivity index (χ2n) is 5.88. The fourth-order valence-electron chi connectivity index (χ4n) is 1.69. The van der Waals surface area contributed by atoms with Crippen LogP contribution in [0.1, 0.15) is 60.3 Å². The van der Waals surface area contributed by atoms with Gasteiger partial charge in [-0.1, -0.05) is 26.2 Å². The molecule has 112 valence electrons. The summed E-state index contributed by atoms with van der Waals surface area (Å²) in [5.41, 5.74) is -0.579. The lowest BCUT2D eigenvalue weighted by atomic mass is 9.96. The Kier molecular flexibility index (Phi) is 7.49. The van der Waals surface area contributed by atoms with Crippen LogP contribution in [0.15, 0.2) is 0 Å². The van der Waals surface area contributed by atoms with Crippen LogP contribution in [0.4, 0.5) is 4.79 Å². The van der Waals surface area contributed by atoms with E-state index in [-0.39, 0.29) is 6.04 Å². The van der Waals surface area contributed by atoms with Crippen LogP contribution >= 0.6 is 0 Å². The van der Waals surface area contributed by atoms with Gasteiger partial charge in [0.15, 0.2) is 0 Å². The highest BCUT2D eigenvalue weighted by Crippen LogP contribution is 2.14. The van der Waals surface area contributed by atoms with Gasteiger partial charge in [-0.15, -0.1) is 0 Å². The van der Waals surface area contributed by atoms with Gasteiger partial charge in [-0.05, 0) is 34.1 Å². The van der Waals surface area contributed by atoms with Gasteiger partial charge in [-0.3, -0.25) is 4.79 Å². The number of hydrogen-bond donors (Lipinski definition) is 2. The number of carbonyl (C=O) groups is 2. The standard InChI is InChI=1S/C14H27NO4/c1-6-7-8-9-11(10(2)12(16)17)15-13(18)19-14(3,4)5/h10-11H,6-9H2,1-5H3,(H,15,18)(H,16,17)/t10?,11-/m0/s1. The van der Waals surface area contributed by atoms with E-state index in [9.17, 15) is 9.59 Å². The summed E-state index contributed by atoms with van der Waals surface area (Å²) < 4.78 is 5.16. The second-order valence-corrected chi connectivity index (χ2v) is 5.88. The van der Waals surface area contributed by atoms with Gasteiger partial charge in [0, 0.05) is 6.04 Å². The largest absolute Gasteiger partial charge is 0.481 e. The number of carboxylic acid groups (broad SMARTS) is 1. The van der Waals surface area contributed by atoms with Crippen LogP contribution in [0, 0.1) is 5.92 Å². The van der Waals surface area contributed by atoms with Gasteiger partial charge in [-0.2, -0.15) is 0 Å². The van der Waals surface area contributed by atoms with E-state index in [4.69, 9.17) is 9.84 Å². The zero-order chi connectivity index (χ0) is 15.1. The first-order valence-corrected chi connectivity index (χ1v) is 6.89. The van der Waals surface area contributed by atoms with Crippen molar-refractivity contribution in [1.82, 2.24) is 5.32 Å². The Morgan fingerprint density at radius 2 is 1.84 bits per heavy atom. The molecule has 19 heavy (non-hydrogen) atoms. The van der Waals surface area contributed by atoms with E-state index in [0.717, 1.165) is 19.3 Å². The number of amides is 1. The summed E-state index contributed by atoms with van der Waals surface area (Å²) in [5, 5.41) is 11.7. The van der Waals surface area contributed by atoms with E-state index < -0.39 is 23.6 Å². The van der Waals surface area contributed by atoms with Gasteiger partial charge < -0.3 is 15.2 Å². The van der Waals surface area contributed by atoms with Gasteiger partial charge in [-0.25, -0.2) is 4.79 Å². The summed E-state index contributed by atoms with van der Waals surface area (Å²) in [6.45, 7) is 9.02. The molecule has 0 aliphatic rings. The third-order valence-corrected chi connectivity index (χ3v) is 2.81. The Labute approximate surface area is 115 Å². The molecule has 1 unspecified atom stereocenters. The fourth-order valence-corrected chi connectivity index (χ4v) is 1.69. The lowest BCUT2D eigenvalue weighted by Gasteiger charge is -2.25. The SMILES string of the molecule is CCCCC[C@H](NC(=O)OC(C)(C)C)C(C)C(=O)O. The van der Waals surface area contributed by atoms with Gasteiger partial charge in [0.2, 0.25) is 0 Å². The number of unbranched alkanes of at least 4 members (excludes halogenated alkanes) is 2. The molecule has 0 heterocycles. The van der Waals surface area contributed by atoms with Crippen molar-refractivity contribution in [2.75, 3.05) is 0 Å². The van der Waals surface area contributed by atoms with Gasteiger partial charge in [0.05, 0.1) is 5.92 Å². The highest BCUT2D eigenvalue weighted by Gasteiger charge is 2.26. The maximum absolute atomic E-state index is 11.7. The minimum absolute atomic E-state index is 0.390. The van der Waals surface area contributed by atoms with Gasteiger partial charge in [0.1, 0.15) is 5.60 Å². The zero-order valence-corrected chi connectivity index (χ0v) is 12.7. The maximum atomic E-state index is 11.7. The fraction of sp³-hybridized carbons (Fsp3) is 0.857. The first kappa shape index (κ1) is 17.7. The lowest BCUT2D eigenvalue weighted by molar-refractivity contribution is -0.142. The van der Waals surface area contributed by atoms with Crippen molar-refractivity contribution in [3.63, 3.8) is 0 Å². The quantitative estimate of drug-likeness (QED) is 0.698. The van der Waals surface area contributed by atoms with E-state index in [1.54, 1.807) is 27.7 Å². The Morgan fingerprint density at radius 1 is 1.26 bits per heavy atom. The third kappa shape index (κ3) is 8.46. The molecular weight excluding hydrogens is 246 g/mol. The summed E-state index contributed by atoms with van der Waals surface area (Å²) in [6, 6.07) is -0.390. The van der Waals surface area contributed by atoms with Crippen molar-refractivity contribution in [2.24, 2.45) is 5.92 Å². The highest BCUT2D eigenvalue weighted by atomic mass is 16.6. The van der Waals surface area contributed by atoms with Gasteiger partial charge >= 0.3 is 12.1 Å². The van der Waals surface area contributed by atoms with E-state index in [1.807, 2.05) is 0 Å². The number of ether oxygens (including phenoxy) is 1. The molecule has 1 amide bonds. The topological polar surface area (TPSA) is 75.6 Å². The van der Waals surface area contributed by atoms with Crippen LogP contribution in [-0.4, -0.2) is 28.8 Å². The molecule has 0 aromatic carbocycles. The molecular formula is C14H27NO4. The molecule has 0 rings (SSSR count). The molecule has 0 fully saturated rings. The molecule has 0 saturated carbocycles. The monoisotopic (exact) mass is 273 g/mol. The number of nitrogens with one attached hydrogen (secondary N) is 1. The Morgan fingerprint density at radius 3 is 2.26 bits per heavy atom. The zero-order valence-electron chi connectivity index (χ0n) is 12.7. The third-order valence-electron chi connectivity index (χ3n) is 2.81. The van der Waals surface area contributed by atoms with Crippen molar-refractivity contribution >= 4 is 12.1 Å². The summed E-state index contributed by atoms with van der Waals surface area (Å²) >= 11 is 0. The molecule has 0 bridgehead atoms. The van der Waals surface area contributed by atoms with Gasteiger partial charge in [0.25, 0.3) is 0 Å². The first-order chi connectivity index (χ1) is 8.67. The minimum atomic E-state index is -0.905. The molecule has 0 spiro atoms. The summed E-state index contributed by atoms with van der Waals surface area (Å²) in [4.78, 5) is 22.8. The number of carboxylic acids is 1. The average Bonchev–Trinajstić information content (AvgIpc) is 2.24. The van der Waals surface area contributed by atoms with E-state index >= 15 is 0 Å². The predicted molar refractivity (Wildman–Crippen MR) is 74.1 cm³/mol. The van der Waals surface area contributed by atoms with Crippen LogP contribution in [0.25, 0.3) is 0 Å². The number of carbonyl (C=O) groups excluding carboxylic acids is 1. The molecule has 0 radical (unpaired) electrons. The van der Waals surface area contributed by atoms with Crippen LogP contribution < -0.4 is 5.32 Å². The first-order valence-electron chi connectivity index (χ1n) is 6.89. The van der Waals surface area contributed by atoms with Crippen molar-refractivity contribution in [3.8, 4) is 0 Å². The molecule has 0 aromatic rings. The molecule has 5 nitrogen and oxygen atoms in total. The van der Waals surface area contributed by atoms with Crippen LogP contribution in [0.3, 0.4) is 0 Å². The van der Waals surface area contributed by atoms with Crippen molar-refractivity contribution < 1.29 is 19.4 Å². The molecule has 0 aliphatic carbocycles. The summed E-state index contributed by atoms with van der Waals surface area (Å²) in [7, 11) is 0. The normalized spacial score (nSPS) is 14.6. The van der Waals surface area contributed by atoms with Crippen LogP contribution in [0.5, 0.6) is 0 Å². The average molecular weight is 273 g/mol. The molecule has 2 N–H and O–H groups in total. The molecule has 2 atom stereocenters. The Bertz CT molecular complexity index is 296. The Balaban J connectivity index is 4.48. The summed E-state index contributed by atoms with van der Waals surface area (Å²) in [5.74, 6) is -1.53. The van der Waals surface area contributed by atoms with Crippen molar-refractivity contribution in [2.45, 2.75) is 71.9 Å². The molecule has 0 aliphatic heterocycles. The van der Waals surface area contributed by atoms with Crippen molar-refractivity contribution in [1.29, 1.82) is 0 Å². The second kappa shape index (κ2) is 8.02. The number of rotatable bonds is 7. The molecule has 0 aromatic heterocycles. The maximum Gasteiger partial charge on any atom is 0.407 e. The predicted octanol–water partition coefficient (Wildman–Crippen LogP) is 3.18. The van der Waals surface area contributed by atoms with Crippen molar-refractivity contribution in [3.05, 3.63) is 0 Å². The van der Waals surface area contributed by atoms with Crippen LogP contribution in [0.2, 0.25) is 0 Å². The number of hydrogen-bond acceptors (Lipinski definition) is 3. The number of aliphatic carboxylic acids is 1. The van der Waals surface area contributed by atoms with Crippen LogP contribution in [-0.2, 0) is 9.53 Å².